The maximum atomic E-state index is 12.7. The van der Waals surface area contributed by atoms with E-state index in [9.17, 15) is 14.4 Å². The highest BCUT2D eigenvalue weighted by Crippen LogP contribution is 2.18. The summed E-state index contributed by atoms with van der Waals surface area (Å²) in [6.07, 6.45) is 0.529. The van der Waals surface area contributed by atoms with Crippen molar-refractivity contribution in [3.8, 4) is 0 Å². The molecule has 0 saturated heterocycles. The summed E-state index contributed by atoms with van der Waals surface area (Å²) >= 11 is 5.80. The number of esters is 1. The van der Waals surface area contributed by atoms with E-state index in [1.807, 2.05) is 51.1 Å². The smallest absolute Gasteiger partial charge is 0.306 e. The number of carbonyl (C=O) groups is 3. The number of carbonyl (C=O) groups excluding carboxylic acids is 3. The molecule has 2 aromatic rings. The molecule has 0 bridgehead atoms. The molecule has 1 N–H and O–H groups in total. The number of rotatable bonds is 9. The highest BCUT2D eigenvalue weighted by Gasteiger charge is 2.27. The minimum Gasteiger partial charge on any atom is -0.456 e. The minimum absolute atomic E-state index is 0.113. The van der Waals surface area contributed by atoms with Crippen LogP contribution in [0.2, 0.25) is 5.02 Å². The number of benzene rings is 2. The summed E-state index contributed by atoms with van der Waals surface area (Å²) in [6, 6.07) is 16.2. The van der Waals surface area contributed by atoms with Gasteiger partial charge < -0.3 is 15.0 Å². The van der Waals surface area contributed by atoms with Gasteiger partial charge in [-0.15, -0.1) is 0 Å². The van der Waals surface area contributed by atoms with Crippen LogP contribution in [0, 0.1) is 0 Å². The lowest BCUT2D eigenvalue weighted by molar-refractivity contribution is -0.154. The second-order valence-electron chi connectivity index (χ2n) is 8.16. The summed E-state index contributed by atoms with van der Waals surface area (Å²) in [4.78, 5) is 38.4. The van der Waals surface area contributed by atoms with Gasteiger partial charge in [0.15, 0.2) is 6.61 Å². The van der Waals surface area contributed by atoms with Crippen molar-refractivity contribution in [3.63, 3.8) is 0 Å². The highest BCUT2D eigenvalue weighted by atomic mass is 35.5. The van der Waals surface area contributed by atoms with Crippen LogP contribution in [-0.4, -0.2) is 41.4 Å². The van der Waals surface area contributed by atoms with E-state index in [0.717, 1.165) is 5.56 Å². The van der Waals surface area contributed by atoms with Gasteiger partial charge in [-0.1, -0.05) is 41.9 Å². The van der Waals surface area contributed by atoms with Crippen molar-refractivity contribution in [2.45, 2.75) is 45.7 Å². The number of ether oxygens (including phenoxy) is 1. The molecule has 2 rings (SSSR count). The molecule has 0 saturated carbocycles. The van der Waals surface area contributed by atoms with Crippen LogP contribution in [-0.2, 0) is 20.9 Å². The first-order chi connectivity index (χ1) is 14.7. The van der Waals surface area contributed by atoms with Crippen LogP contribution in [0.5, 0.6) is 0 Å². The zero-order valence-electron chi connectivity index (χ0n) is 18.2. The van der Waals surface area contributed by atoms with Gasteiger partial charge in [0, 0.05) is 35.6 Å². The lowest BCUT2D eigenvalue weighted by atomic mass is 10.0. The second-order valence-corrected chi connectivity index (χ2v) is 8.60. The Labute approximate surface area is 188 Å². The van der Waals surface area contributed by atoms with E-state index in [1.165, 1.54) is 0 Å². The molecule has 166 valence electrons. The van der Waals surface area contributed by atoms with Crippen LogP contribution in [0.4, 0.5) is 0 Å². The Hall–Kier alpha value is -2.86. The zero-order chi connectivity index (χ0) is 22.9. The number of hydrogen-bond donors (Lipinski definition) is 1. The van der Waals surface area contributed by atoms with E-state index < -0.39 is 11.5 Å². The fourth-order valence-corrected chi connectivity index (χ4v) is 3.02. The molecule has 0 aliphatic carbocycles. The van der Waals surface area contributed by atoms with Crippen LogP contribution in [0.25, 0.3) is 0 Å². The Kier molecular flexibility index (Phi) is 9.06. The van der Waals surface area contributed by atoms with E-state index in [0.29, 0.717) is 30.1 Å². The molecule has 31 heavy (non-hydrogen) atoms. The number of amides is 2. The van der Waals surface area contributed by atoms with Gasteiger partial charge in [-0.05, 0) is 57.0 Å². The van der Waals surface area contributed by atoms with E-state index in [2.05, 4.69) is 5.32 Å². The summed E-state index contributed by atoms with van der Waals surface area (Å²) in [7, 11) is 0. The molecule has 0 atom stereocenters. The molecule has 2 amide bonds. The van der Waals surface area contributed by atoms with Crippen molar-refractivity contribution >= 4 is 29.4 Å². The quantitative estimate of drug-likeness (QED) is 0.464. The summed E-state index contributed by atoms with van der Waals surface area (Å²) in [5.74, 6) is -0.953. The Morgan fingerprint density at radius 1 is 1.00 bits per heavy atom. The highest BCUT2D eigenvalue weighted by molar-refractivity contribution is 6.30. The van der Waals surface area contributed by atoms with E-state index in [4.69, 9.17) is 16.3 Å². The Balaban J connectivity index is 1.74. The lowest BCUT2D eigenvalue weighted by Gasteiger charge is -2.35. The molecular formula is C24H29ClN2O4. The van der Waals surface area contributed by atoms with E-state index >= 15 is 0 Å². The van der Waals surface area contributed by atoms with Crippen LogP contribution in [0.3, 0.4) is 0 Å². The second kappa shape index (κ2) is 11.5. The maximum Gasteiger partial charge on any atom is 0.306 e. The maximum absolute atomic E-state index is 12.7. The molecule has 0 aliphatic rings. The predicted octanol–water partition coefficient (Wildman–Crippen LogP) is 4.22. The molecule has 7 heteroatoms. The average molecular weight is 445 g/mol. The van der Waals surface area contributed by atoms with Crippen LogP contribution >= 0.6 is 11.6 Å². The van der Waals surface area contributed by atoms with Gasteiger partial charge in [-0.3, -0.25) is 14.4 Å². The van der Waals surface area contributed by atoms with Crippen LogP contribution in [0.1, 0.15) is 49.5 Å². The Morgan fingerprint density at radius 2 is 1.65 bits per heavy atom. The molecule has 0 unspecified atom stereocenters. The van der Waals surface area contributed by atoms with E-state index in [1.54, 1.807) is 29.2 Å². The molecule has 2 aromatic carbocycles. The largest absolute Gasteiger partial charge is 0.456 e. The van der Waals surface area contributed by atoms with Gasteiger partial charge in [0.25, 0.3) is 11.8 Å². The SMILES string of the molecule is CC(C)(C)N(Cc1ccccc1)C(=O)COC(=O)CCCNC(=O)c1ccc(Cl)cc1. The van der Waals surface area contributed by atoms with Crippen LogP contribution < -0.4 is 5.32 Å². The first-order valence-corrected chi connectivity index (χ1v) is 10.6. The summed E-state index contributed by atoms with van der Waals surface area (Å²) in [6.45, 7) is 6.29. The molecule has 6 nitrogen and oxygen atoms in total. The summed E-state index contributed by atoms with van der Waals surface area (Å²) in [5.41, 5.74) is 1.09. The topological polar surface area (TPSA) is 75.7 Å². The predicted molar refractivity (Wildman–Crippen MR) is 121 cm³/mol. The minimum atomic E-state index is -0.470. The normalized spacial score (nSPS) is 11.0. The van der Waals surface area contributed by atoms with Crippen molar-refractivity contribution in [3.05, 3.63) is 70.7 Å². The molecular weight excluding hydrogens is 416 g/mol. The molecule has 0 heterocycles. The molecule has 0 radical (unpaired) electrons. The standard InChI is InChI=1S/C24H29ClN2O4/c1-24(2,3)27(16-18-8-5-4-6-9-18)21(28)17-31-22(29)10-7-15-26-23(30)19-11-13-20(25)14-12-19/h4-6,8-9,11-14H,7,10,15-17H2,1-3H3,(H,26,30). The van der Waals surface area contributed by atoms with Gasteiger partial charge in [0.1, 0.15) is 0 Å². The van der Waals surface area contributed by atoms with Crippen molar-refractivity contribution in [1.29, 1.82) is 0 Å². The third kappa shape index (κ3) is 8.42. The molecule has 0 aliphatic heterocycles. The van der Waals surface area contributed by atoms with Gasteiger partial charge in [0.2, 0.25) is 0 Å². The third-order valence-electron chi connectivity index (χ3n) is 4.60. The van der Waals surface area contributed by atoms with Crippen molar-refractivity contribution in [1.82, 2.24) is 10.2 Å². The van der Waals surface area contributed by atoms with Gasteiger partial charge in [0.05, 0.1) is 0 Å². The average Bonchev–Trinajstić information content (AvgIpc) is 2.73. The Bertz CT molecular complexity index is 877. The first kappa shape index (κ1) is 24.4. The zero-order valence-corrected chi connectivity index (χ0v) is 18.9. The first-order valence-electron chi connectivity index (χ1n) is 10.2. The van der Waals surface area contributed by atoms with Gasteiger partial charge >= 0.3 is 5.97 Å². The van der Waals surface area contributed by atoms with Crippen molar-refractivity contribution < 1.29 is 19.1 Å². The number of halogens is 1. The summed E-state index contributed by atoms with van der Waals surface area (Å²) < 4.78 is 5.17. The monoisotopic (exact) mass is 444 g/mol. The van der Waals surface area contributed by atoms with Crippen LogP contribution in [0.15, 0.2) is 54.6 Å². The van der Waals surface area contributed by atoms with E-state index in [-0.39, 0.29) is 24.8 Å². The fraction of sp³-hybridized carbons (Fsp3) is 0.375. The third-order valence-corrected chi connectivity index (χ3v) is 4.85. The lowest BCUT2D eigenvalue weighted by Crippen LogP contribution is -2.46. The molecule has 0 aromatic heterocycles. The fourth-order valence-electron chi connectivity index (χ4n) is 2.90. The van der Waals surface area contributed by atoms with Gasteiger partial charge in [-0.2, -0.15) is 0 Å². The number of nitrogens with one attached hydrogen (secondary N) is 1. The Morgan fingerprint density at radius 3 is 2.26 bits per heavy atom. The number of hydrogen-bond acceptors (Lipinski definition) is 4. The van der Waals surface area contributed by atoms with Crippen molar-refractivity contribution in [2.24, 2.45) is 0 Å². The van der Waals surface area contributed by atoms with Crippen molar-refractivity contribution in [2.75, 3.05) is 13.2 Å². The van der Waals surface area contributed by atoms with Gasteiger partial charge in [-0.25, -0.2) is 0 Å². The summed E-state index contributed by atoms with van der Waals surface area (Å²) in [5, 5.41) is 3.30. The number of nitrogens with zero attached hydrogens (tertiary/aromatic N) is 1. The molecule has 0 fully saturated rings. The molecule has 0 spiro atoms.